The van der Waals surface area contributed by atoms with Crippen LogP contribution in [0.1, 0.15) is 18.9 Å². The molecule has 0 radical (unpaired) electrons. The normalized spacial score (nSPS) is 14.1. The minimum atomic E-state index is -3.72. The molecule has 1 aromatic rings. The van der Waals surface area contributed by atoms with Gasteiger partial charge in [0.15, 0.2) is 0 Å². The second-order valence-corrected chi connectivity index (χ2v) is 5.14. The molecule has 0 heterocycles. The summed E-state index contributed by atoms with van der Waals surface area (Å²) >= 11 is 0. The van der Waals surface area contributed by atoms with Gasteiger partial charge in [0, 0.05) is 6.42 Å². The van der Waals surface area contributed by atoms with Gasteiger partial charge in [0.05, 0.1) is 11.9 Å². The van der Waals surface area contributed by atoms with Gasteiger partial charge in [-0.05, 0) is 18.1 Å². The molecular weight excluding hydrogens is 223 g/mol. The maximum absolute atomic E-state index is 11.9. The highest BCUT2D eigenvalue weighted by atomic mass is 31.2. The van der Waals surface area contributed by atoms with E-state index < -0.39 is 7.60 Å². The molecule has 4 heteroatoms. The number of hydrogen-bond donors (Lipinski definition) is 1. The fourth-order valence-electron chi connectivity index (χ4n) is 1.33. The molecule has 1 atom stereocenters. The topological polar surface area (TPSA) is 46.5 Å². The maximum atomic E-state index is 11.9. The third-order valence-electron chi connectivity index (χ3n) is 2.06. The van der Waals surface area contributed by atoms with Gasteiger partial charge in [0.25, 0.3) is 0 Å². The molecule has 1 N–H and O–H groups in total. The van der Waals surface area contributed by atoms with Crippen LogP contribution in [0, 0.1) is 12.3 Å². The van der Waals surface area contributed by atoms with Crippen LogP contribution in [0.4, 0.5) is 0 Å². The van der Waals surface area contributed by atoms with Gasteiger partial charge in [-0.25, -0.2) is 0 Å². The standard InChI is InChI=1S/C12H15O3P/c1-3-7-11-8-5-6-9-12(11)16(13,14)15-10-4-2/h1,5-6,8-9H,4,7,10H2,2H3,(H,13,14). The molecule has 86 valence electrons. The zero-order valence-electron chi connectivity index (χ0n) is 9.22. The lowest BCUT2D eigenvalue weighted by Gasteiger charge is -2.14. The molecule has 0 aromatic heterocycles. The van der Waals surface area contributed by atoms with Crippen molar-refractivity contribution in [3.63, 3.8) is 0 Å². The van der Waals surface area contributed by atoms with Crippen LogP contribution in [-0.2, 0) is 15.5 Å². The molecule has 0 saturated carbocycles. The molecule has 0 aliphatic carbocycles. The molecule has 0 saturated heterocycles. The minimum absolute atomic E-state index is 0.262. The van der Waals surface area contributed by atoms with E-state index in [2.05, 4.69) is 5.92 Å². The molecule has 0 aliphatic rings. The first-order valence-electron chi connectivity index (χ1n) is 5.11. The summed E-state index contributed by atoms with van der Waals surface area (Å²) in [5.41, 5.74) is 0.673. The lowest BCUT2D eigenvalue weighted by Crippen LogP contribution is -2.13. The van der Waals surface area contributed by atoms with E-state index in [0.29, 0.717) is 23.7 Å². The predicted molar refractivity (Wildman–Crippen MR) is 64.7 cm³/mol. The van der Waals surface area contributed by atoms with E-state index in [-0.39, 0.29) is 6.61 Å². The van der Waals surface area contributed by atoms with Crippen molar-refractivity contribution in [2.24, 2.45) is 0 Å². The molecule has 3 nitrogen and oxygen atoms in total. The summed E-state index contributed by atoms with van der Waals surface area (Å²) < 4.78 is 16.9. The van der Waals surface area contributed by atoms with Crippen molar-refractivity contribution in [3.8, 4) is 12.3 Å². The van der Waals surface area contributed by atoms with Gasteiger partial charge in [-0.2, -0.15) is 0 Å². The Balaban J connectivity index is 3.02. The maximum Gasteiger partial charge on any atom is 0.359 e. The highest BCUT2D eigenvalue weighted by molar-refractivity contribution is 7.61. The van der Waals surface area contributed by atoms with E-state index in [1.54, 1.807) is 24.3 Å². The SMILES string of the molecule is C#CCc1ccccc1P(=O)(O)OCCC. The summed E-state index contributed by atoms with van der Waals surface area (Å²) in [6, 6.07) is 6.82. The van der Waals surface area contributed by atoms with E-state index >= 15 is 0 Å². The molecule has 0 aliphatic heterocycles. The summed E-state index contributed by atoms with van der Waals surface area (Å²) in [7, 11) is -3.72. The lowest BCUT2D eigenvalue weighted by molar-refractivity contribution is 0.269. The molecular formula is C12H15O3P. The van der Waals surface area contributed by atoms with E-state index in [4.69, 9.17) is 10.9 Å². The quantitative estimate of drug-likeness (QED) is 0.631. The van der Waals surface area contributed by atoms with Crippen LogP contribution in [0.25, 0.3) is 0 Å². The Kier molecular flexibility index (Phi) is 4.76. The zero-order valence-corrected chi connectivity index (χ0v) is 10.1. The molecule has 0 bridgehead atoms. The molecule has 1 unspecified atom stereocenters. The van der Waals surface area contributed by atoms with E-state index in [9.17, 15) is 9.46 Å². The third-order valence-corrected chi connectivity index (χ3v) is 3.64. The minimum Gasteiger partial charge on any atom is -0.321 e. The van der Waals surface area contributed by atoms with Crippen LogP contribution in [-0.4, -0.2) is 11.5 Å². The monoisotopic (exact) mass is 238 g/mol. The van der Waals surface area contributed by atoms with Crippen molar-refractivity contribution in [1.82, 2.24) is 0 Å². The van der Waals surface area contributed by atoms with Crippen molar-refractivity contribution in [2.75, 3.05) is 6.61 Å². The fraction of sp³-hybridized carbons (Fsp3) is 0.333. The van der Waals surface area contributed by atoms with Crippen LogP contribution in [0.2, 0.25) is 0 Å². The van der Waals surface area contributed by atoms with Gasteiger partial charge < -0.3 is 9.42 Å². The van der Waals surface area contributed by atoms with Crippen LogP contribution in [0.5, 0.6) is 0 Å². The van der Waals surface area contributed by atoms with E-state index in [1.165, 1.54) is 0 Å². The summed E-state index contributed by atoms with van der Waals surface area (Å²) in [5, 5.41) is 0.307. The summed E-state index contributed by atoms with van der Waals surface area (Å²) in [6.45, 7) is 2.14. The van der Waals surface area contributed by atoms with Crippen LogP contribution >= 0.6 is 7.60 Å². The van der Waals surface area contributed by atoms with Crippen molar-refractivity contribution in [2.45, 2.75) is 19.8 Å². The molecule has 0 amide bonds. The molecule has 1 rings (SSSR count). The molecule has 16 heavy (non-hydrogen) atoms. The Morgan fingerprint density at radius 2 is 2.19 bits per heavy atom. The Hall–Kier alpha value is -1.07. The Bertz CT molecular complexity index is 434. The largest absolute Gasteiger partial charge is 0.359 e. The number of rotatable bonds is 5. The first-order valence-corrected chi connectivity index (χ1v) is 6.69. The van der Waals surface area contributed by atoms with Crippen molar-refractivity contribution < 1.29 is 14.0 Å². The summed E-state index contributed by atoms with van der Waals surface area (Å²) in [5.74, 6) is 2.46. The van der Waals surface area contributed by atoms with Gasteiger partial charge in [-0.3, -0.25) is 4.57 Å². The Morgan fingerprint density at radius 1 is 1.50 bits per heavy atom. The first-order chi connectivity index (χ1) is 7.61. The van der Waals surface area contributed by atoms with Gasteiger partial charge in [-0.1, -0.05) is 25.1 Å². The number of terminal acetylenes is 1. The highest BCUT2D eigenvalue weighted by Crippen LogP contribution is 2.41. The third kappa shape index (κ3) is 3.21. The Morgan fingerprint density at radius 3 is 2.81 bits per heavy atom. The second-order valence-electron chi connectivity index (χ2n) is 3.36. The van der Waals surface area contributed by atoms with Crippen LogP contribution in [0.15, 0.2) is 24.3 Å². The first kappa shape index (κ1) is 13.0. The van der Waals surface area contributed by atoms with Crippen molar-refractivity contribution in [1.29, 1.82) is 0 Å². The van der Waals surface area contributed by atoms with Crippen molar-refractivity contribution >= 4 is 12.9 Å². The van der Waals surface area contributed by atoms with Crippen LogP contribution < -0.4 is 5.30 Å². The number of hydrogen-bond acceptors (Lipinski definition) is 2. The smallest absolute Gasteiger partial charge is 0.321 e. The highest BCUT2D eigenvalue weighted by Gasteiger charge is 2.24. The summed E-state index contributed by atoms with van der Waals surface area (Å²) in [4.78, 5) is 9.79. The Labute approximate surface area is 96.0 Å². The van der Waals surface area contributed by atoms with E-state index in [0.717, 1.165) is 0 Å². The molecule has 0 fully saturated rings. The van der Waals surface area contributed by atoms with Gasteiger partial charge >= 0.3 is 7.60 Å². The molecule has 0 spiro atoms. The van der Waals surface area contributed by atoms with Gasteiger partial charge in [-0.15, -0.1) is 12.3 Å². The average molecular weight is 238 g/mol. The zero-order chi connectivity index (χ0) is 12.0. The van der Waals surface area contributed by atoms with Crippen LogP contribution in [0.3, 0.4) is 0 Å². The fourth-order valence-corrected chi connectivity index (χ4v) is 2.69. The average Bonchev–Trinajstić information content (AvgIpc) is 2.27. The van der Waals surface area contributed by atoms with Gasteiger partial charge in [0.1, 0.15) is 0 Å². The summed E-state index contributed by atoms with van der Waals surface area (Å²) in [6.07, 6.45) is 6.24. The van der Waals surface area contributed by atoms with Crippen molar-refractivity contribution in [3.05, 3.63) is 29.8 Å². The number of benzene rings is 1. The van der Waals surface area contributed by atoms with Gasteiger partial charge in [0.2, 0.25) is 0 Å². The van der Waals surface area contributed by atoms with E-state index in [1.807, 2.05) is 6.92 Å². The molecule has 1 aromatic carbocycles. The predicted octanol–water partition coefficient (Wildman–Crippen LogP) is 2.10. The second kappa shape index (κ2) is 5.86. The lowest BCUT2D eigenvalue weighted by atomic mass is 10.2.